The van der Waals surface area contributed by atoms with Gasteiger partial charge in [-0.3, -0.25) is 4.55 Å². The Kier molecular flexibility index (Phi) is 5.98. The van der Waals surface area contributed by atoms with Gasteiger partial charge in [0.15, 0.2) is 4.75 Å². The van der Waals surface area contributed by atoms with Crippen LogP contribution in [-0.4, -0.2) is 23.2 Å². The normalized spacial score (nSPS) is 12.2. The number of para-hydroxylation sites is 2. The van der Waals surface area contributed by atoms with Gasteiger partial charge in [-0.15, -0.1) is 0 Å². The second-order valence-electron chi connectivity index (χ2n) is 6.02. The summed E-state index contributed by atoms with van der Waals surface area (Å²) < 4.78 is 33.9. The van der Waals surface area contributed by atoms with Crippen LogP contribution in [-0.2, 0) is 14.9 Å². The first-order chi connectivity index (χ1) is 13.5. The molecule has 10 heteroatoms. The number of phenols is 2. The molecule has 3 aromatic rings. The Balaban J connectivity index is 2.70. The van der Waals surface area contributed by atoms with Crippen molar-refractivity contribution in [3.8, 4) is 11.5 Å². The lowest BCUT2D eigenvalue weighted by atomic mass is 9.82. The minimum absolute atomic E-state index is 0.145. The van der Waals surface area contributed by atoms with Gasteiger partial charge in [-0.05, 0) is 24.3 Å². The Bertz CT molecular complexity index is 1140. The van der Waals surface area contributed by atoms with E-state index in [0.29, 0.717) is 0 Å². The molecule has 3 aromatic carbocycles. The van der Waals surface area contributed by atoms with Gasteiger partial charge in [0.25, 0.3) is 10.1 Å². The molecular weight excluding hydrogens is 482 g/mol. The molecule has 0 aromatic heterocycles. The first kappa shape index (κ1) is 22.0. The van der Waals surface area contributed by atoms with Crippen LogP contribution in [0, 0.1) is 0 Å². The van der Waals surface area contributed by atoms with Gasteiger partial charge < -0.3 is 10.2 Å². The van der Waals surface area contributed by atoms with Gasteiger partial charge >= 0.3 is 0 Å². The average Bonchev–Trinajstić information content (AvgIpc) is 2.63. The zero-order valence-corrected chi connectivity index (χ0v) is 18.1. The summed E-state index contributed by atoms with van der Waals surface area (Å²) in [6.45, 7) is 0. The monoisotopic (exact) mass is 492 g/mol. The van der Waals surface area contributed by atoms with Crippen molar-refractivity contribution < 1.29 is 23.2 Å². The van der Waals surface area contributed by atoms with Gasteiger partial charge in [0.05, 0.1) is 10.0 Å². The van der Waals surface area contributed by atoms with Gasteiger partial charge in [0.2, 0.25) is 0 Å². The van der Waals surface area contributed by atoms with Gasteiger partial charge in [0, 0.05) is 26.7 Å². The highest BCUT2D eigenvalue weighted by Crippen LogP contribution is 2.55. The number of hydrogen-bond acceptors (Lipinski definition) is 4. The Hall–Kier alpha value is -1.67. The van der Waals surface area contributed by atoms with E-state index in [4.69, 9.17) is 46.4 Å². The number of halogens is 4. The van der Waals surface area contributed by atoms with Crippen LogP contribution < -0.4 is 0 Å². The van der Waals surface area contributed by atoms with Crippen molar-refractivity contribution >= 4 is 56.5 Å². The molecule has 29 heavy (non-hydrogen) atoms. The Labute approximate surface area is 186 Å². The van der Waals surface area contributed by atoms with Crippen LogP contribution in [0.1, 0.15) is 16.7 Å². The molecule has 0 aliphatic heterocycles. The van der Waals surface area contributed by atoms with Crippen molar-refractivity contribution in [1.82, 2.24) is 0 Å². The molecule has 5 nitrogen and oxygen atoms in total. The molecule has 0 heterocycles. The van der Waals surface area contributed by atoms with Crippen molar-refractivity contribution in [1.29, 1.82) is 0 Å². The number of benzene rings is 3. The standard InChI is InChI=1S/C19H12Cl4O5S/c20-12-6-3-7-13(21)16(12)19(29(26,27)28,10-4-1-8-14(22)17(10)24)11-5-2-9-15(23)18(11)25/h1-9,24-25H,(H,26,27,28). The minimum atomic E-state index is -5.22. The predicted octanol–water partition coefficient (Wildman–Crippen LogP) is 5.89. The van der Waals surface area contributed by atoms with Crippen LogP contribution in [0.5, 0.6) is 11.5 Å². The molecule has 0 saturated heterocycles. The van der Waals surface area contributed by atoms with Crippen LogP contribution in [0.4, 0.5) is 0 Å². The van der Waals surface area contributed by atoms with E-state index < -0.39 is 26.4 Å². The third-order valence-corrected chi connectivity index (χ3v) is 7.09. The highest BCUT2D eigenvalue weighted by molar-refractivity contribution is 7.87. The smallest absolute Gasteiger partial charge is 0.283 e. The van der Waals surface area contributed by atoms with Gasteiger partial charge in [-0.1, -0.05) is 76.7 Å². The zero-order chi connectivity index (χ0) is 21.6. The van der Waals surface area contributed by atoms with Crippen molar-refractivity contribution in [2.45, 2.75) is 4.75 Å². The molecule has 0 unspecified atom stereocenters. The molecule has 0 amide bonds. The minimum Gasteiger partial charge on any atom is -0.506 e. The topological polar surface area (TPSA) is 94.8 Å². The Morgan fingerprint density at radius 3 is 1.38 bits per heavy atom. The van der Waals surface area contributed by atoms with E-state index in [1.807, 2.05) is 0 Å². The molecule has 0 fully saturated rings. The van der Waals surface area contributed by atoms with Crippen molar-refractivity contribution in [2.24, 2.45) is 0 Å². The summed E-state index contributed by atoms with van der Waals surface area (Å²) in [5, 5.41) is 20.6. The first-order valence-electron chi connectivity index (χ1n) is 7.91. The fraction of sp³-hybridized carbons (Fsp3) is 0.0526. The number of phenolic OH excluding ortho intramolecular Hbond substituents is 2. The van der Waals surface area contributed by atoms with E-state index in [1.54, 1.807) is 0 Å². The third kappa shape index (κ3) is 3.44. The zero-order valence-electron chi connectivity index (χ0n) is 14.3. The van der Waals surface area contributed by atoms with E-state index in [-0.39, 0.29) is 36.8 Å². The summed E-state index contributed by atoms with van der Waals surface area (Å²) in [6.07, 6.45) is 0. The second-order valence-corrected chi connectivity index (χ2v) is 9.22. The maximum absolute atomic E-state index is 13.0. The lowest BCUT2D eigenvalue weighted by Crippen LogP contribution is -2.39. The fourth-order valence-corrected chi connectivity index (χ4v) is 5.76. The lowest BCUT2D eigenvalue weighted by Gasteiger charge is -2.34. The molecule has 0 bridgehead atoms. The van der Waals surface area contributed by atoms with Gasteiger partial charge in [-0.25, -0.2) is 0 Å². The molecule has 0 saturated carbocycles. The quantitative estimate of drug-likeness (QED) is 0.311. The average molecular weight is 494 g/mol. The van der Waals surface area contributed by atoms with E-state index in [1.165, 1.54) is 54.6 Å². The summed E-state index contributed by atoms with van der Waals surface area (Å²) >= 11 is 24.7. The molecule has 0 aliphatic carbocycles. The highest BCUT2D eigenvalue weighted by Gasteiger charge is 2.54. The maximum Gasteiger partial charge on any atom is 0.283 e. The summed E-state index contributed by atoms with van der Waals surface area (Å²) in [6, 6.07) is 12.0. The van der Waals surface area contributed by atoms with E-state index in [9.17, 15) is 23.2 Å². The molecule has 0 spiro atoms. The lowest BCUT2D eigenvalue weighted by molar-refractivity contribution is 0.428. The Morgan fingerprint density at radius 1 is 0.655 bits per heavy atom. The number of aromatic hydroxyl groups is 2. The number of hydrogen-bond donors (Lipinski definition) is 3. The summed E-state index contributed by atoms with van der Waals surface area (Å²) in [5.74, 6) is -1.30. The molecule has 0 aliphatic rings. The van der Waals surface area contributed by atoms with Gasteiger partial charge in [-0.2, -0.15) is 8.42 Å². The number of rotatable bonds is 4. The van der Waals surface area contributed by atoms with Gasteiger partial charge in [0.1, 0.15) is 11.5 Å². The third-order valence-electron chi connectivity index (χ3n) is 4.43. The fourth-order valence-electron chi connectivity index (χ4n) is 3.25. The van der Waals surface area contributed by atoms with Crippen molar-refractivity contribution in [3.05, 3.63) is 91.4 Å². The van der Waals surface area contributed by atoms with Crippen LogP contribution in [0.3, 0.4) is 0 Å². The molecule has 152 valence electrons. The van der Waals surface area contributed by atoms with Crippen molar-refractivity contribution in [2.75, 3.05) is 0 Å². The van der Waals surface area contributed by atoms with Crippen LogP contribution in [0.15, 0.2) is 54.6 Å². The predicted molar refractivity (Wildman–Crippen MR) is 114 cm³/mol. The maximum atomic E-state index is 13.0. The van der Waals surface area contributed by atoms with Crippen molar-refractivity contribution in [3.63, 3.8) is 0 Å². The van der Waals surface area contributed by atoms with E-state index in [0.717, 1.165) is 0 Å². The molecule has 3 N–H and O–H groups in total. The Morgan fingerprint density at radius 2 is 1.00 bits per heavy atom. The van der Waals surface area contributed by atoms with E-state index >= 15 is 0 Å². The van der Waals surface area contributed by atoms with Crippen LogP contribution >= 0.6 is 46.4 Å². The SMILES string of the molecule is O=S(=O)(O)C(c1cccc(Cl)c1O)(c1cccc(Cl)c1O)c1c(Cl)cccc1Cl. The highest BCUT2D eigenvalue weighted by atomic mass is 35.5. The molecule has 3 rings (SSSR count). The summed E-state index contributed by atoms with van der Waals surface area (Å²) in [7, 11) is -5.22. The van der Waals surface area contributed by atoms with Crippen LogP contribution in [0.25, 0.3) is 0 Å². The summed E-state index contributed by atoms with van der Waals surface area (Å²) in [4.78, 5) is 0. The molecule has 0 atom stereocenters. The summed E-state index contributed by atoms with van der Waals surface area (Å²) in [5.41, 5.74) is -1.04. The van der Waals surface area contributed by atoms with Crippen LogP contribution in [0.2, 0.25) is 20.1 Å². The molecular formula is C19H12Cl4O5S. The van der Waals surface area contributed by atoms with E-state index in [2.05, 4.69) is 0 Å². The second kappa shape index (κ2) is 7.87. The molecule has 0 radical (unpaired) electrons. The largest absolute Gasteiger partial charge is 0.506 e. The first-order valence-corrected chi connectivity index (χ1v) is 10.9.